The van der Waals surface area contributed by atoms with Gasteiger partial charge in [0, 0.05) is 29.5 Å². The van der Waals surface area contributed by atoms with E-state index in [2.05, 4.69) is 34.4 Å². The summed E-state index contributed by atoms with van der Waals surface area (Å²) in [6.07, 6.45) is 5.02. The largest absolute Gasteiger partial charge is 0.384 e. The first kappa shape index (κ1) is 21.9. The van der Waals surface area contributed by atoms with Crippen molar-refractivity contribution in [1.29, 1.82) is 0 Å². The van der Waals surface area contributed by atoms with Crippen LogP contribution in [0.2, 0.25) is 10.0 Å². The first-order valence-corrected chi connectivity index (χ1v) is 10.9. The van der Waals surface area contributed by atoms with E-state index in [0.717, 1.165) is 25.3 Å². The molecular weight excluding hydrogens is 407 g/mol. The molecule has 0 bridgehead atoms. The number of hydrogen-bond donors (Lipinski definition) is 2. The van der Waals surface area contributed by atoms with Crippen LogP contribution in [0.25, 0.3) is 0 Å². The van der Waals surface area contributed by atoms with Gasteiger partial charge >= 0.3 is 0 Å². The van der Waals surface area contributed by atoms with Crippen LogP contribution in [0.5, 0.6) is 0 Å². The van der Waals surface area contributed by atoms with E-state index in [1.54, 1.807) is 24.3 Å². The maximum absolute atomic E-state index is 12.8. The number of aromatic nitrogens is 1. The number of piperidine rings is 1. The van der Waals surface area contributed by atoms with Crippen molar-refractivity contribution in [3.8, 4) is 0 Å². The summed E-state index contributed by atoms with van der Waals surface area (Å²) in [7, 11) is 0. The van der Waals surface area contributed by atoms with E-state index < -0.39 is 0 Å². The van der Waals surface area contributed by atoms with Gasteiger partial charge in [0.05, 0.1) is 10.6 Å². The molecule has 0 radical (unpaired) electrons. The average Bonchev–Trinajstić information content (AvgIpc) is 2.74. The molecule has 1 aromatic heterocycles. The van der Waals surface area contributed by atoms with Crippen LogP contribution >= 0.6 is 23.2 Å². The molecule has 1 atom stereocenters. The Morgan fingerprint density at radius 2 is 1.93 bits per heavy atom. The lowest BCUT2D eigenvalue weighted by atomic mass is 9.95. The predicted molar refractivity (Wildman–Crippen MR) is 121 cm³/mol. The van der Waals surface area contributed by atoms with Gasteiger partial charge in [-0.1, -0.05) is 30.1 Å². The second kappa shape index (κ2) is 10.3. The number of carbonyl (C=O) groups excluding carboxylic acids is 1. The molecule has 2 N–H and O–H groups in total. The Labute approximate surface area is 182 Å². The van der Waals surface area contributed by atoms with Crippen LogP contribution in [0.4, 0.5) is 11.5 Å². The molecule has 156 valence electrons. The van der Waals surface area contributed by atoms with E-state index >= 15 is 0 Å². The number of nitrogens with one attached hydrogen (secondary N) is 2. The summed E-state index contributed by atoms with van der Waals surface area (Å²) in [4.78, 5) is 19.5. The van der Waals surface area contributed by atoms with E-state index in [1.807, 2.05) is 6.07 Å². The van der Waals surface area contributed by atoms with Gasteiger partial charge in [-0.2, -0.15) is 0 Å². The number of amides is 1. The van der Waals surface area contributed by atoms with Crippen LogP contribution in [-0.2, 0) is 0 Å². The highest BCUT2D eigenvalue weighted by atomic mass is 35.5. The maximum Gasteiger partial charge on any atom is 0.258 e. The van der Waals surface area contributed by atoms with E-state index in [1.165, 1.54) is 25.5 Å². The number of hydrogen-bond acceptors (Lipinski definition) is 4. The van der Waals surface area contributed by atoms with Crippen LogP contribution in [0.1, 0.15) is 43.5 Å². The summed E-state index contributed by atoms with van der Waals surface area (Å²) in [5.41, 5.74) is 1.29. The molecule has 29 heavy (non-hydrogen) atoms. The van der Waals surface area contributed by atoms with Gasteiger partial charge in [-0.3, -0.25) is 4.79 Å². The van der Waals surface area contributed by atoms with Crippen molar-refractivity contribution in [3.63, 3.8) is 0 Å². The lowest BCUT2D eigenvalue weighted by molar-refractivity contribution is 0.102. The molecule has 1 amide bonds. The highest BCUT2D eigenvalue weighted by Crippen LogP contribution is 2.25. The third-order valence-electron chi connectivity index (χ3n) is 5.64. The summed E-state index contributed by atoms with van der Waals surface area (Å²) in [5, 5.41) is 7.31. The molecule has 1 aromatic carbocycles. The number of pyridine rings is 1. The van der Waals surface area contributed by atoms with Gasteiger partial charge in [-0.15, -0.1) is 0 Å². The Bertz CT molecular complexity index is 820. The van der Waals surface area contributed by atoms with Crippen molar-refractivity contribution in [3.05, 3.63) is 52.1 Å². The van der Waals surface area contributed by atoms with Crippen molar-refractivity contribution >= 4 is 40.6 Å². The van der Waals surface area contributed by atoms with Gasteiger partial charge in [-0.05, 0) is 75.5 Å². The highest BCUT2D eigenvalue weighted by molar-refractivity contribution is 6.31. The lowest BCUT2D eigenvalue weighted by Crippen LogP contribution is -2.40. The molecule has 3 rings (SSSR count). The van der Waals surface area contributed by atoms with Gasteiger partial charge in [0.15, 0.2) is 0 Å². The molecule has 2 aromatic rings. The molecule has 0 unspecified atom stereocenters. The highest BCUT2D eigenvalue weighted by Gasteiger charge is 2.22. The first-order valence-electron chi connectivity index (χ1n) is 10.2. The topological polar surface area (TPSA) is 57.3 Å². The summed E-state index contributed by atoms with van der Waals surface area (Å²) in [5.74, 6) is 0.791. The lowest BCUT2D eigenvalue weighted by Gasteiger charge is -2.36. The van der Waals surface area contributed by atoms with E-state index in [0.29, 0.717) is 33.4 Å². The Balaban J connectivity index is 1.61. The van der Waals surface area contributed by atoms with Crippen LogP contribution in [0.3, 0.4) is 0 Å². The maximum atomic E-state index is 12.8. The summed E-state index contributed by atoms with van der Waals surface area (Å²) in [6.45, 7) is 7.66. The molecular formula is C22H28Cl2N4O. The Morgan fingerprint density at radius 3 is 2.59 bits per heavy atom. The van der Waals surface area contributed by atoms with Crippen molar-refractivity contribution in [2.24, 2.45) is 5.92 Å². The Kier molecular flexibility index (Phi) is 7.76. The minimum atomic E-state index is -0.253. The summed E-state index contributed by atoms with van der Waals surface area (Å²) in [6, 6.07) is 9.35. The summed E-state index contributed by atoms with van der Waals surface area (Å²) >= 11 is 12.0. The van der Waals surface area contributed by atoms with E-state index in [4.69, 9.17) is 23.2 Å². The third-order valence-corrected chi connectivity index (χ3v) is 6.10. The molecule has 2 heterocycles. The smallest absolute Gasteiger partial charge is 0.258 e. The SMILES string of the molecule is CC[C@H](C)N1CCC(CNc2ccc(Cl)cc2C(=O)Nc2ccc(Cl)cn2)CC1. The fourth-order valence-electron chi connectivity index (χ4n) is 3.60. The normalized spacial score (nSPS) is 16.4. The number of likely N-dealkylation sites (tertiary alicyclic amines) is 1. The number of benzene rings is 1. The number of rotatable bonds is 7. The Morgan fingerprint density at radius 1 is 1.21 bits per heavy atom. The van der Waals surface area contributed by atoms with Crippen molar-refractivity contribution in [2.75, 3.05) is 30.3 Å². The molecule has 0 aliphatic carbocycles. The van der Waals surface area contributed by atoms with E-state index in [9.17, 15) is 4.79 Å². The molecule has 1 aliphatic heterocycles. The quantitative estimate of drug-likeness (QED) is 0.598. The second-order valence-corrected chi connectivity index (χ2v) is 8.50. The second-order valence-electron chi connectivity index (χ2n) is 7.62. The fourth-order valence-corrected chi connectivity index (χ4v) is 3.89. The fraction of sp³-hybridized carbons (Fsp3) is 0.455. The average molecular weight is 435 g/mol. The Hall–Kier alpha value is -1.82. The van der Waals surface area contributed by atoms with Gasteiger partial charge in [0.1, 0.15) is 5.82 Å². The van der Waals surface area contributed by atoms with Crippen molar-refractivity contribution in [1.82, 2.24) is 9.88 Å². The minimum Gasteiger partial charge on any atom is -0.384 e. The third kappa shape index (κ3) is 6.08. The van der Waals surface area contributed by atoms with Crippen LogP contribution < -0.4 is 10.6 Å². The zero-order valence-electron chi connectivity index (χ0n) is 16.9. The number of nitrogens with zero attached hydrogens (tertiary/aromatic N) is 2. The van der Waals surface area contributed by atoms with Crippen LogP contribution in [0, 0.1) is 5.92 Å². The van der Waals surface area contributed by atoms with Crippen molar-refractivity contribution in [2.45, 2.75) is 39.2 Å². The molecule has 1 fully saturated rings. The molecule has 0 saturated carbocycles. The van der Waals surface area contributed by atoms with Gasteiger partial charge in [-0.25, -0.2) is 4.98 Å². The van der Waals surface area contributed by atoms with Crippen LogP contribution in [-0.4, -0.2) is 41.5 Å². The first-order chi connectivity index (χ1) is 14.0. The monoisotopic (exact) mass is 434 g/mol. The zero-order valence-corrected chi connectivity index (χ0v) is 18.4. The number of anilines is 2. The summed E-state index contributed by atoms with van der Waals surface area (Å²) < 4.78 is 0. The minimum absolute atomic E-state index is 0.253. The van der Waals surface area contributed by atoms with Gasteiger partial charge in [0.25, 0.3) is 5.91 Å². The standard InChI is InChI=1S/C22H28Cl2N4O/c1-3-15(2)28-10-8-16(9-11-28)13-25-20-6-4-17(23)12-19(20)22(29)27-21-7-5-18(24)14-26-21/h4-7,12,14-16,25H,3,8-11,13H2,1-2H3,(H,26,27,29)/t15-/m0/s1. The molecule has 1 aliphatic rings. The van der Waals surface area contributed by atoms with Gasteiger partial charge in [0.2, 0.25) is 0 Å². The van der Waals surface area contributed by atoms with E-state index in [-0.39, 0.29) is 5.91 Å². The number of halogens is 2. The van der Waals surface area contributed by atoms with Gasteiger partial charge < -0.3 is 15.5 Å². The molecule has 1 saturated heterocycles. The molecule has 7 heteroatoms. The zero-order chi connectivity index (χ0) is 20.8. The molecule has 0 spiro atoms. The van der Waals surface area contributed by atoms with Crippen LogP contribution in [0.15, 0.2) is 36.5 Å². The van der Waals surface area contributed by atoms with Crippen molar-refractivity contribution < 1.29 is 4.79 Å². The number of carbonyl (C=O) groups is 1. The molecule has 5 nitrogen and oxygen atoms in total. The predicted octanol–water partition coefficient (Wildman–Crippen LogP) is 5.56.